The lowest BCUT2D eigenvalue weighted by atomic mass is 10.1. The first kappa shape index (κ1) is 126. The van der Waals surface area contributed by atoms with Crippen LogP contribution in [0.4, 0.5) is 115 Å². The average molecular weight is 1090 g/mol. The van der Waals surface area contributed by atoms with Gasteiger partial charge in [0.15, 0.2) is 6.67 Å². The Labute approximate surface area is 382 Å². The molecule has 0 aromatic heterocycles. The van der Waals surface area contributed by atoms with E-state index < -0.39 is 94.2 Å². The third-order valence-electron chi connectivity index (χ3n) is 2.91. The number of halogens is 26. The maximum absolute atomic E-state index is 12.5. The topological polar surface area (TPSA) is 55.4 Å². The van der Waals surface area contributed by atoms with Crippen LogP contribution >= 0.6 is 0 Å². The zero-order valence-electron chi connectivity index (χ0n) is 33.2. The van der Waals surface area contributed by atoms with Crippen LogP contribution in [0.25, 0.3) is 0 Å². The van der Waals surface area contributed by atoms with Crippen molar-refractivity contribution in [2.75, 3.05) is 62.3 Å². The summed E-state index contributed by atoms with van der Waals surface area (Å²) in [7, 11) is 3.83. The summed E-state index contributed by atoms with van der Waals surface area (Å²) in [6.07, 6.45) is -16.1. The third-order valence-corrected chi connectivity index (χ3v) is 2.91. The van der Waals surface area contributed by atoms with E-state index in [1.165, 1.54) is 13.8 Å². The minimum Gasteiger partial charge on any atom is -0.307 e. The fourth-order valence-corrected chi connectivity index (χ4v) is 0.836. The average Bonchev–Trinajstić information content (AvgIpc) is 3.01. The first-order valence-electron chi connectivity index (χ1n) is 14.1. The van der Waals surface area contributed by atoms with Gasteiger partial charge in [-0.15, -0.1) is 0 Å². The number of alkyl halides is 21. The number of hydrogen-bond acceptors (Lipinski definition) is 6. The molecule has 0 saturated carbocycles. The molecule has 0 N–H and O–H groups in total. The van der Waals surface area contributed by atoms with E-state index in [9.17, 15) is 115 Å². The molecule has 0 aromatic carbocycles. The second-order valence-electron chi connectivity index (χ2n) is 10.2. The molecule has 0 aliphatic carbocycles. The van der Waals surface area contributed by atoms with E-state index in [0.717, 1.165) is 49.2 Å². The van der Waals surface area contributed by atoms with Gasteiger partial charge < -0.3 is 4.74 Å². The molecule has 0 aliphatic heterocycles. The first-order valence-corrected chi connectivity index (χ1v) is 14.1. The Morgan fingerprint density at radius 1 is 0.358 bits per heavy atom. The first-order chi connectivity index (χ1) is 26.0. The van der Waals surface area contributed by atoms with Crippen LogP contribution in [0.2, 0.25) is 0 Å². The van der Waals surface area contributed by atoms with Crippen molar-refractivity contribution in [1.29, 1.82) is 0 Å². The van der Waals surface area contributed by atoms with Crippen molar-refractivity contribution in [3.05, 3.63) is 0 Å². The van der Waals surface area contributed by atoms with E-state index in [2.05, 4.69) is 29.4 Å². The van der Waals surface area contributed by atoms with Crippen molar-refractivity contribution in [3.8, 4) is 0 Å². The van der Waals surface area contributed by atoms with Crippen molar-refractivity contribution >= 4 is 0 Å². The normalized spacial score (nSPS) is 9.76. The number of ether oxygens (including phenoxy) is 1. The van der Waals surface area contributed by atoms with Gasteiger partial charge in [-0.05, 0) is 57.2 Å². The molecule has 0 fully saturated rings. The van der Waals surface area contributed by atoms with Gasteiger partial charge in [0.1, 0.15) is 25.4 Å². The van der Waals surface area contributed by atoms with Crippen LogP contribution in [0.5, 0.6) is 0 Å². The summed E-state index contributed by atoms with van der Waals surface area (Å²) in [6.45, 7) is -0.677. The van der Waals surface area contributed by atoms with Gasteiger partial charge >= 0.3 is 24.4 Å². The highest BCUT2D eigenvalue weighted by molar-refractivity contribution is 4.77. The highest BCUT2D eigenvalue weighted by atomic mass is 19.4. The molecule has 0 amide bonds. The molecule has 0 atom stereocenters. The van der Waals surface area contributed by atoms with Crippen LogP contribution < -0.4 is 0 Å². The molecule has 32 heteroatoms. The number of rotatable bonds is 8. The lowest BCUT2D eigenvalue weighted by Crippen LogP contribution is -2.47. The number of hydrogen-bond donors (Lipinski definition) is 0. The molecular weight excluding hydrogens is 1010 g/mol. The van der Waals surface area contributed by atoms with E-state index >= 15 is 0 Å². The molecule has 0 aromatic rings. The summed E-state index contributed by atoms with van der Waals surface area (Å²) in [5.74, 6) is -11.1. The van der Waals surface area contributed by atoms with Gasteiger partial charge in [-0.25, -0.2) is 48.3 Å². The Morgan fingerprint density at radius 3 is 0.582 bits per heavy atom. The van der Waals surface area contributed by atoms with E-state index in [4.69, 9.17) is 0 Å². The molecule has 0 unspecified atom stereocenters. The zero-order valence-corrected chi connectivity index (χ0v) is 33.2. The van der Waals surface area contributed by atoms with Crippen LogP contribution in [-0.4, -0.2) is 110 Å². The molecule has 440 valence electrons. The Morgan fingerprint density at radius 2 is 0.537 bits per heavy atom. The highest BCUT2D eigenvalue weighted by Gasteiger charge is 2.56. The van der Waals surface area contributed by atoms with Gasteiger partial charge in [0, 0.05) is 20.3 Å². The van der Waals surface area contributed by atoms with E-state index in [1.807, 2.05) is 0 Å². The molecule has 0 aliphatic rings. The summed E-state index contributed by atoms with van der Waals surface area (Å²) in [5.41, 5.74) is -3.16. The summed E-state index contributed by atoms with van der Waals surface area (Å²) < 4.78 is 287. The van der Waals surface area contributed by atoms with Crippen LogP contribution in [-0.2, 0) is 29.4 Å². The predicted octanol–water partition coefficient (Wildman–Crippen LogP) is 19.7. The Kier molecular flexibility index (Phi) is 137. The van der Waals surface area contributed by atoms with Crippen molar-refractivity contribution in [3.63, 3.8) is 0 Å². The van der Waals surface area contributed by atoms with E-state index in [-0.39, 0.29) is 73.3 Å². The monoisotopic (exact) mass is 1090 g/mol. The Hall–Kier alpha value is -2.06. The molecule has 0 rings (SSSR count). The molecule has 0 saturated heterocycles. The lowest BCUT2D eigenvalue weighted by molar-refractivity contribution is -0.372. The summed E-state index contributed by atoms with van der Waals surface area (Å²) in [6, 6.07) is 0. The standard InChI is InChI=1S/C7H11F5O.C4H5F5.C4H8F2O.2C3H5F3.2CH2F2.4CH3FO.8CH4/c1-5(2,4-8)13-7(11,12)6(3,9)10;1-3(5,6)2-4(7,8)9;1-4(2,3-5)7-6;1-3(5,6)2-4;1-2-3(4,5)6;2*2-1-3;4*1-3-2;;;;;;;;/h4H2,1-3H3;2H2,1H3;3H2,1-2H3;2*2H2,1H3;2*1H2;4*1H3;8*1H4. The minimum absolute atomic E-state index is 0. The van der Waals surface area contributed by atoms with E-state index in [0.29, 0.717) is 6.92 Å². The maximum atomic E-state index is 12.5. The van der Waals surface area contributed by atoms with Crippen molar-refractivity contribution in [2.24, 2.45) is 0 Å². The van der Waals surface area contributed by atoms with Crippen LogP contribution in [0, 0.1) is 0 Å². The van der Waals surface area contributed by atoms with Crippen LogP contribution in [0.3, 0.4) is 0 Å². The van der Waals surface area contributed by atoms with Gasteiger partial charge in [-0.3, -0.25) is 0 Å². The highest BCUT2D eigenvalue weighted by Crippen LogP contribution is 2.38. The molecule has 0 radical (unpaired) electrons. The van der Waals surface area contributed by atoms with Gasteiger partial charge in [0.2, 0.25) is 13.9 Å². The Balaban J connectivity index is -0.0000000229. The molecule has 0 heterocycles. The third kappa shape index (κ3) is 213. The fraction of sp³-hybridized carbons (Fsp3) is 1.00. The summed E-state index contributed by atoms with van der Waals surface area (Å²) >= 11 is 0. The van der Waals surface area contributed by atoms with Gasteiger partial charge in [0.25, 0.3) is 11.8 Å². The smallest absolute Gasteiger partial charge is 0.307 e. The molecule has 0 spiro atoms. The second kappa shape index (κ2) is 72.9. The van der Waals surface area contributed by atoms with Crippen LogP contribution in [0.15, 0.2) is 0 Å². The van der Waals surface area contributed by atoms with E-state index in [1.54, 1.807) is 0 Å². The summed E-state index contributed by atoms with van der Waals surface area (Å²) in [5, 5.41) is 0. The molecule has 0 bridgehead atoms. The predicted molar refractivity (Wildman–Crippen MR) is 214 cm³/mol. The van der Waals surface area contributed by atoms with Gasteiger partial charge in [0.05, 0.1) is 34.0 Å². The molecule has 6 nitrogen and oxygen atoms in total. The van der Waals surface area contributed by atoms with Gasteiger partial charge in [-0.1, -0.05) is 66.3 Å². The van der Waals surface area contributed by atoms with Crippen molar-refractivity contribution < 1.29 is 144 Å². The summed E-state index contributed by atoms with van der Waals surface area (Å²) in [4.78, 5) is 14.2. The maximum Gasteiger partial charge on any atom is 0.419 e. The van der Waals surface area contributed by atoms with Crippen molar-refractivity contribution in [2.45, 2.75) is 175 Å². The zero-order chi connectivity index (χ0) is 51.2. The van der Waals surface area contributed by atoms with Crippen molar-refractivity contribution in [1.82, 2.24) is 0 Å². The minimum atomic E-state index is -4.77. The Bertz CT molecular complexity index is 706. The quantitative estimate of drug-likeness (QED) is 0.226. The van der Waals surface area contributed by atoms with Gasteiger partial charge in [-0.2, -0.15) is 68.6 Å². The second-order valence-corrected chi connectivity index (χ2v) is 10.2. The lowest BCUT2D eigenvalue weighted by Gasteiger charge is -2.30. The largest absolute Gasteiger partial charge is 0.419 e. The fourth-order valence-electron chi connectivity index (χ4n) is 0.836. The molecule has 67 heavy (non-hydrogen) atoms. The molecular formula is C35H82F26O6. The van der Waals surface area contributed by atoms with Crippen LogP contribution in [0.1, 0.15) is 128 Å². The SMILES string of the molecule is C.C.C.C.C.C.C.C.CC(C)(CF)OC(F)(F)C(C)(F)F.CC(C)(CF)OF.CC(F)(F)CC(F)(F)F.CC(F)(F)CF.CCC(F)(F)F.COF.COF.COF.COF.FCF.FCF.